The molecule has 0 radical (unpaired) electrons. The van der Waals surface area contributed by atoms with Crippen molar-refractivity contribution in [2.24, 2.45) is 0 Å². The van der Waals surface area contributed by atoms with E-state index in [2.05, 4.69) is 23.5 Å². The number of amides is 1. The Balaban J connectivity index is 1.64. The molecule has 1 N–H and O–H groups in total. The van der Waals surface area contributed by atoms with Crippen molar-refractivity contribution in [1.82, 2.24) is 15.1 Å². The average Bonchev–Trinajstić information content (AvgIpc) is 3.10. The van der Waals surface area contributed by atoms with Crippen molar-refractivity contribution >= 4 is 17.7 Å². The molecular formula is C12H23N3OS. The topological polar surface area (TPSA) is 35.6 Å². The minimum Gasteiger partial charge on any atom is -0.339 e. The summed E-state index contributed by atoms with van der Waals surface area (Å²) in [4.78, 5) is 16.2. The number of piperazine rings is 1. The molecule has 0 aromatic carbocycles. The zero-order valence-corrected chi connectivity index (χ0v) is 11.7. The van der Waals surface area contributed by atoms with Crippen LogP contribution in [0.25, 0.3) is 0 Å². The highest BCUT2D eigenvalue weighted by molar-refractivity contribution is 8.00. The molecule has 2 rings (SSSR count). The second-order valence-corrected chi connectivity index (χ2v) is 6.45. The highest BCUT2D eigenvalue weighted by Crippen LogP contribution is 2.46. The van der Waals surface area contributed by atoms with Gasteiger partial charge in [-0.3, -0.25) is 4.79 Å². The van der Waals surface area contributed by atoms with Crippen LogP contribution in [0, 0.1) is 0 Å². The predicted molar refractivity (Wildman–Crippen MR) is 72.4 cm³/mol. The van der Waals surface area contributed by atoms with Crippen molar-refractivity contribution in [2.75, 3.05) is 52.6 Å². The summed E-state index contributed by atoms with van der Waals surface area (Å²) in [5.41, 5.74) is 0. The van der Waals surface area contributed by atoms with E-state index < -0.39 is 0 Å². The van der Waals surface area contributed by atoms with Crippen LogP contribution in [0.2, 0.25) is 0 Å². The Kier molecular flexibility index (Phi) is 4.33. The van der Waals surface area contributed by atoms with Crippen molar-refractivity contribution in [3.05, 3.63) is 0 Å². The molecule has 0 bridgehead atoms. The first-order valence-corrected chi connectivity index (χ1v) is 7.60. The fourth-order valence-electron chi connectivity index (χ4n) is 2.16. The molecule has 0 aromatic rings. The fourth-order valence-corrected chi connectivity index (χ4v) is 2.91. The molecule has 0 unspecified atom stereocenters. The summed E-state index contributed by atoms with van der Waals surface area (Å²) >= 11 is 1.93. The van der Waals surface area contributed by atoms with Gasteiger partial charge in [-0.15, -0.1) is 0 Å². The molecule has 0 spiro atoms. The third-order valence-electron chi connectivity index (χ3n) is 3.82. The Labute approximate surface area is 108 Å². The first-order chi connectivity index (χ1) is 8.15. The Hall–Kier alpha value is -0.260. The predicted octanol–water partition coefficient (Wildman–Crippen LogP) is 0.246. The van der Waals surface area contributed by atoms with Gasteiger partial charge in [0.05, 0.1) is 6.54 Å². The maximum atomic E-state index is 11.9. The van der Waals surface area contributed by atoms with E-state index in [0.717, 1.165) is 32.7 Å². The van der Waals surface area contributed by atoms with Crippen LogP contribution in [-0.4, -0.2) is 73.0 Å². The van der Waals surface area contributed by atoms with Crippen molar-refractivity contribution in [3.63, 3.8) is 0 Å². The van der Waals surface area contributed by atoms with E-state index in [1.807, 2.05) is 16.7 Å². The third kappa shape index (κ3) is 3.60. The van der Waals surface area contributed by atoms with Crippen LogP contribution in [0.5, 0.6) is 0 Å². The third-order valence-corrected chi connectivity index (χ3v) is 5.24. The number of hydrogen-bond donors (Lipinski definition) is 1. The minimum absolute atomic E-state index is 0.259. The average molecular weight is 257 g/mol. The Bertz CT molecular complexity index is 273. The number of nitrogens with zero attached hydrogens (tertiary/aromatic N) is 2. The zero-order chi connectivity index (χ0) is 12.3. The lowest BCUT2D eigenvalue weighted by molar-refractivity contribution is -0.131. The second kappa shape index (κ2) is 5.59. The molecular weight excluding hydrogens is 234 g/mol. The molecule has 1 aliphatic carbocycles. The molecule has 1 heterocycles. The van der Waals surface area contributed by atoms with Gasteiger partial charge in [0.1, 0.15) is 0 Å². The summed E-state index contributed by atoms with van der Waals surface area (Å²) in [7, 11) is 2.11. The van der Waals surface area contributed by atoms with E-state index in [-0.39, 0.29) is 5.91 Å². The molecule has 1 saturated heterocycles. The van der Waals surface area contributed by atoms with Gasteiger partial charge in [0, 0.05) is 37.5 Å². The molecule has 4 nitrogen and oxygen atoms in total. The highest BCUT2D eigenvalue weighted by atomic mass is 32.2. The normalized spacial score (nSPS) is 23.8. The number of likely N-dealkylation sites (N-methyl/N-ethyl adjacent to an activating group) is 1. The van der Waals surface area contributed by atoms with Gasteiger partial charge in [0.2, 0.25) is 5.91 Å². The van der Waals surface area contributed by atoms with E-state index in [1.165, 1.54) is 12.8 Å². The lowest BCUT2D eigenvalue weighted by Crippen LogP contribution is -2.50. The van der Waals surface area contributed by atoms with Crippen molar-refractivity contribution in [1.29, 1.82) is 0 Å². The molecule has 2 aliphatic rings. The molecule has 17 heavy (non-hydrogen) atoms. The molecule has 98 valence electrons. The van der Waals surface area contributed by atoms with E-state index in [4.69, 9.17) is 0 Å². The van der Waals surface area contributed by atoms with Gasteiger partial charge in [-0.1, -0.05) is 0 Å². The molecule has 1 saturated carbocycles. The summed E-state index contributed by atoms with van der Waals surface area (Å²) < 4.78 is 0.447. The van der Waals surface area contributed by atoms with Crippen LogP contribution in [-0.2, 0) is 4.79 Å². The Morgan fingerprint density at radius 1 is 1.29 bits per heavy atom. The van der Waals surface area contributed by atoms with Gasteiger partial charge in [0.15, 0.2) is 0 Å². The number of rotatable bonds is 5. The minimum atomic E-state index is 0.259. The van der Waals surface area contributed by atoms with Crippen LogP contribution in [0.3, 0.4) is 0 Å². The lowest BCUT2D eigenvalue weighted by Gasteiger charge is -2.32. The Morgan fingerprint density at radius 2 is 1.94 bits per heavy atom. The zero-order valence-electron chi connectivity index (χ0n) is 10.9. The molecule has 0 atom stereocenters. The van der Waals surface area contributed by atoms with E-state index in [0.29, 0.717) is 11.3 Å². The largest absolute Gasteiger partial charge is 0.339 e. The molecule has 5 heteroatoms. The summed E-state index contributed by atoms with van der Waals surface area (Å²) in [5.74, 6) is 0.259. The number of carbonyl (C=O) groups is 1. The van der Waals surface area contributed by atoms with E-state index in [1.54, 1.807) is 0 Å². The van der Waals surface area contributed by atoms with Crippen LogP contribution < -0.4 is 5.32 Å². The van der Waals surface area contributed by atoms with Gasteiger partial charge in [-0.05, 0) is 26.1 Å². The van der Waals surface area contributed by atoms with Gasteiger partial charge in [-0.25, -0.2) is 0 Å². The molecule has 1 aliphatic heterocycles. The fraction of sp³-hybridized carbons (Fsp3) is 0.917. The maximum absolute atomic E-state index is 11.9. The standard InChI is InChI=1S/C12H23N3OS/c1-14-5-7-15(8-6-14)11(16)9-13-10-12(17-2)3-4-12/h13H,3-10H2,1-2H3. The monoisotopic (exact) mass is 257 g/mol. The van der Waals surface area contributed by atoms with Crippen LogP contribution in [0.4, 0.5) is 0 Å². The summed E-state index contributed by atoms with van der Waals surface area (Å²) in [6, 6.07) is 0. The van der Waals surface area contributed by atoms with Crippen molar-refractivity contribution in [2.45, 2.75) is 17.6 Å². The number of nitrogens with one attached hydrogen (secondary N) is 1. The number of carbonyl (C=O) groups excluding carboxylic acids is 1. The summed E-state index contributed by atoms with van der Waals surface area (Å²) in [6.07, 6.45) is 4.75. The van der Waals surface area contributed by atoms with Gasteiger partial charge in [-0.2, -0.15) is 11.8 Å². The smallest absolute Gasteiger partial charge is 0.236 e. The first-order valence-electron chi connectivity index (χ1n) is 6.37. The van der Waals surface area contributed by atoms with Crippen molar-refractivity contribution in [3.8, 4) is 0 Å². The number of thioether (sulfide) groups is 1. The van der Waals surface area contributed by atoms with Crippen molar-refractivity contribution < 1.29 is 4.79 Å². The second-order valence-electron chi connectivity index (χ2n) is 5.17. The van der Waals surface area contributed by atoms with E-state index in [9.17, 15) is 4.79 Å². The molecule has 0 aromatic heterocycles. The molecule has 2 fully saturated rings. The lowest BCUT2D eigenvalue weighted by atomic mass is 10.3. The van der Waals surface area contributed by atoms with Crippen LogP contribution in [0.15, 0.2) is 0 Å². The maximum Gasteiger partial charge on any atom is 0.236 e. The molecule has 1 amide bonds. The van der Waals surface area contributed by atoms with Crippen LogP contribution >= 0.6 is 11.8 Å². The highest BCUT2D eigenvalue weighted by Gasteiger charge is 2.41. The van der Waals surface area contributed by atoms with Gasteiger partial charge in [0.25, 0.3) is 0 Å². The van der Waals surface area contributed by atoms with Gasteiger partial charge >= 0.3 is 0 Å². The SMILES string of the molecule is CSC1(CNCC(=O)N2CCN(C)CC2)CC1. The summed E-state index contributed by atoms with van der Waals surface area (Å²) in [6.45, 7) is 5.25. The van der Waals surface area contributed by atoms with Crippen LogP contribution in [0.1, 0.15) is 12.8 Å². The first kappa shape index (κ1) is 13.2. The van der Waals surface area contributed by atoms with E-state index >= 15 is 0 Å². The van der Waals surface area contributed by atoms with Gasteiger partial charge < -0.3 is 15.1 Å². The number of hydrogen-bond acceptors (Lipinski definition) is 4. The summed E-state index contributed by atoms with van der Waals surface area (Å²) in [5, 5.41) is 3.32. The quantitative estimate of drug-likeness (QED) is 0.766. The Morgan fingerprint density at radius 3 is 2.47 bits per heavy atom.